The van der Waals surface area contributed by atoms with Gasteiger partial charge in [0.15, 0.2) is 0 Å². The van der Waals surface area contributed by atoms with E-state index in [-0.39, 0.29) is 12.4 Å². The first-order chi connectivity index (χ1) is 2.94. The Morgan fingerprint density at radius 3 is 1.38 bits per heavy atom. The first-order valence-corrected chi connectivity index (χ1v) is 3.37. The van der Waals surface area contributed by atoms with Crippen molar-refractivity contribution in [1.29, 1.82) is 0 Å². The number of hydrogen-bond acceptors (Lipinski definition) is 0. The molecule has 0 spiro atoms. The van der Waals surface area contributed by atoms with Gasteiger partial charge < -0.3 is 0 Å². The molecule has 0 heterocycles. The highest BCUT2D eigenvalue weighted by atomic mass is 35.5. The van der Waals surface area contributed by atoms with Crippen molar-refractivity contribution in [2.75, 3.05) is 0 Å². The van der Waals surface area contributed by atoms with Gasteiger partial charge in [-0.25, -0.2) is 0 Å². The Balaban J connectivity index is 0. The van der Waals surface area contributed by atoms with Crippen LogP contribution in [0.5, 0.6) is 0 Å². The van der Waals surface area contributed by atoms with Crippen molar-refractivity contribution in [1.82, 2.24) is 0 Å². The Morgan fingerprint density at radius 2 is 1.38 bits per heavy atom. The Kier molecular flexibility index (Phi) is 5.31. The highest BCUT2D eigenvalue weighted by Gasteiger charge is 2.13. The summed E-state index contributed by atoms with van der Waals surface area (Å²) in [7, 11) is 2.80. The molecule has 0 nitrogen and oxygen atoms in total. The molecule has 0 radical (unpaired) electrons. The van der Waals surface area contributed by atoms with E-state index >= 15 is 0 Å². The minimum atomic E-state index is 0. The van der Waals surface area contributed by atoms with E-state index in [0.717, 1.165) is 0 Å². The zero-order valence-electron chi connectivity index (χ0n) is 6.06. The van der Waals surface area contributed by atoms with Crippen LogP contribution in [0.15, 0.2) is 0 Å². The third kappa shape index (κ3) is 4.87. The second-order valence-electron chi connectivity index (χ2n) is 3.15. The van der Waals surface area contributed by atoms with Crippen LogP contribution >= 0.6 is 21.6 Å². The minimum absolute atomic E-state index is 0. The third-order valence-electron chi connectivity index (χ3n) is 1.37. The molecule has 0 rings (SSSR count). The van der Waals surface area contributed by atoms with Crippen LogP contribution in [-0.2, 0) is 0 Å². The molecule has 0 aliphatic carbocycles. The van der Waals surface area contributed by atoms with Gasteiger partial charge in [0.1, 0.15) is 0 Å². The molecular weight excluding hydrogens is 138 g/mol. The molecule has 8 heavy (non-hydrogen) atoms. The summed E-state index contributed by atoms with van der Waals surface area (Å²) in [5, 5.41) is 0. The molecule has 0 amide bonds. The standard InChI is InChI=1S/C6H15P.ClH/c1-5(7)6(2,3)4;/h5H,7H2,1-4H3;1H. The zero-order chi connectivity index (χ0) is 6.08. The van der Waals surface area contributed by atoms with Crippen LogP contribution in [0, 0.1) is 5.41 Å². The Bertz CT molecular complexity index is 54.0. The maximum absolute atomic E-state index is 2.80. The molecule has 0 aliphatic heterocycles. The lowest BCUT2D eigenvalue weighted by Gasteiger charge is -2.22. The minimum Gasteiger partial charge on any atom is -0.147 e. The fourth-order valence-corrected chi connectivity index (χ4v) is 0. The molecule has 0 aromatic carbocycles. The summed E-state index contributed by atoms with van der Waals surface area (Å²) >= 11 is 0. The zero-order valence-corrected chi connectivity index (χ0v) is 8.03. The van der Waals surface area contributed by atoms with E-state index in [1.165, 1.54) is 0 Å². The van der Waals surface area contributed by atoms with Crippen molar-refractivity contribution in [2.24, 2.45) is 5.41 Å². The van der Waals surface area contributed by atoms with Gasteiger partial charge >= 0.3 is 0 Å². The van der Waals surface area contributed by atoms with Gasteiger partial charge in [0.25, 0.3) is 0 Å². The van der Waals surface area contributed by atoms with Gasteiger partial charge in [-0.3, -0.25) is 0 Å². The van der Waals surface area contributed by atoms with E-state index in [0.29, 0.717) is 11.1 Å². The van der Waals surface area contributed by atoms with Gasteiger partial charge in [0.2, 0.25) is 0 Å². The topological polar surface area (TPSA) is 0 Å². The maximum atomic E-state index is 2.80. The van der Waals surface area contributed by atoms with Gasteiger partial charge in [-0.05, 0) is 11.1 Å². The molecule has 0 aromatic heterocycles. The van der Waals surface area contributed by atoms with Gasteiger partial charge in [0.05, 0.1) is 0 Å². The Hall–Kier alpha value is 0.720. The van der Waals surface area contributed by atoms with Crippen molar-refractivity contribution in [2.45, 2.75) is 33.4 Å². The van der Waals surface area contributed by atoms with Crippen molar-refractivity contribution < 1.29 is 0 Å². The summed E-state index contributed by atoms with van der Waals surface area (Å²) in [6.07, 6.45) is 0. The van der Waals surface area contributed by atoms with Crippen molar-refractivity contribution >= 4 is 21.6 Å². The molecule has 0 aromatic rings. The molecule has 2 atom stereocenters. The molecular formula is C6H16ClP. The maximum Gasteiger partial charge on any atom is -0.0244 e. The smallest absolute Gasteiger partial charge is 0.0244 e. The summed E-state index contributed by atoms with van der Waals surface area (Å²) < 4.78 is 0. The number of rotatable bonds is 0. The van der Waals surface area contributed by atoms with E-state index < -0.39 is 0 Å². The molecule has 0 saturated carbocycles. The number of halogens is 1. The summed E-state index contributed by atoms with van der Waals surface area (Å²) in [6.45, 7) is 8.94. The second-order valence-corrected chi connectivity index (χ2v) is 4.15. The number of hydrogen-bond donors (Lipinski definition) is 0. The fraction of sp³-hybridized carbons (Fsp3) is 1.00. The molecule has 0 fully saturated rings. The van der Waals surface area contributed by atoms with Crippen LogP contribution in [0.2, 0.25) is 0 Å². The van der Waals surface area contributed by atoms with Crippen LogP contribution in [0.4, 0.5) is 0 Å². The van der Waals surface area contributed by atoms with E-state index in [4.69, 9.17) is 0 Å². The third-order valence-corrected chi connectivity index (χ3v) is 2.37. The average molecular weight is 155 g/mol. The van der Waals surface area contributed by atoms with E-state index in [2.05, 4.69) is 36.9 Å². The second kappa shape index (κ2) is 3.69. The van der Waals surface area contributed by atoms with E-state index in [1.807, 2.05) is 0 Å². The van der Waals surface area contributed by atoms with Crippen LogP contribution in [0.1, 0.15) is 27.7 Å². The predicted molar refractivity (Wildman–Crippen MR) is 45.9 cm³/mol. The van der Waals surface area contributed by atoms with Gasteiger partial charge in [0, 0.05) is 0 Å². The lowest BCUT2D eigenvalue weighted by molar-refractivity contribution is 0.410. The van der Waals surface area contributed by atoms with E-state index in [1.54, 1.807) is 0 Å². The first-order valence-electron chi connectivity index (χ1n) is 2.70. The van der Waals surface area contributed by atoms with Gasteiger partial charge in [-0.15, -0.1) is 21.6 Å². The largest absolute Gasteiger partial charge is 0.147 e. The molecule has 0 bridgehead atoms. The fourth-order valence-electron chi connectivity index (χ4n) is 0. The van der Waals surface area contributed by atoms with Crippen LogP contribution in [-0.4, -0.2) is 5.66 Å². The predicted octanol–water partition coefficient (Wildman–Crippen LogP) is 2.72. The van der Waals surface area contributed by atoms with Crippen LogP contribution in [0.25, 0.3) is 0 Å². The lowest BCUT2D eigenvalue weighted by Crippen LogP contribution is -2.15. The normalized spacial score (nSPS) is 14.6. The summed E-state index contributed by atoms with van der Waals surface area (Å²) in [6, 6.07) is 0. The molecule has 2 heteroatoms. The Labute approximate surface area is 61.0 Å². The van der Waals surface area contributed by atoms with Crippen LogP contribution < -0.4 is 0 Å². The monoisotopic (exact) mass is 154 g/mol. The molecule has 52 valence electrons. The van der Waals surface area contributed by atoms with E-state index in [9.17, 15) is 0 Å². The highest BCUT2D eigenvalue weighted by molar-refractivity contribution is 7.17. The molecule has 0 aliphatic rings. The van der Waals surface area contributed by atoms with Gasteiger partial charge in [-0.2, -0.15) is 0 Å². The quantitative estimate of drug-likeness (QED) is 0.471. The summed E-state index contributed by atoms with van der Waals surface area (Å²) in [4.78, 5) is 0. The molecule has 2 unspecified atom stereocenters. The first kappa shape index (κ1) is 11.5. The summed E-state index contributed by atoms with van der Waals surface area (Å²) in [5.41, 5.74) is 1.18. The van der Waals surface area contributed by atoms with Crippen molar-refractivity contribution in [3.63, 3.8) is 0 Å². The SMILES string of the molecule is CC(P)C(C)(C)C.Cl. The molecule has 0 N–H and O–H groups in total. The average Bonchev–Trinajstić information content (AvgIpc) is 1.31. The van der Waals surface area contributed by atoms with Crippen molar-refractivity contribution in [3.05, 3.63) is 0 Å². The Morgan fingerprint density at radius 1 is 1.25 bits per heavy atom. The van der Waals surface area contributed by atoms with Crippen molar-refractivity contribution in [3.8, 4) is 0 Å². The van der Waals surface area contributed by atoms with Gasteiger partial charge in [-0.1, -0.05) is 27.7 Å². The highest BCUT2D eigenvalue weighted by Crippen LogP contribution is 2.24. The van der Waals surface area contributed by atoms with Crippen LogP contribution in [0.3, 0.4) is 0 Å². The lowest BCUT2D eigenvalue weighted by atomic mass is 9.93. The molecule has 0 saturated heterocycles. The summed E-state index contributed by atoms with van der Waals surface area (Å²) in [5.74, 6) is 0.